The molecule has 0 bridgehead atoms. The number of allylic oxidation sites excluding steroid dienone is 1. The largest absolute Gasteiger partial charge is 0.348 e. The molecule has 3 rings (SSSR count). The Labute approximate surface area is 128 Å². The molecule has 0 saturated heterocycles. The molecule has 21 heavy (non-hydrogen) atoms. The molecule has 1 heteroatoms. The molecular weight excluding hydrogens is 254 g/mol. The molecule has 1 radical (unpaired) electrons. The van der Waals surface area contributed by atoms with Gasteiger partial charge in [0, 0.05) is 24.4 Å². The van der Waals surface area contributed by atoms with E-state index in [1.54, 1.807) is 0 Å². The molecule has 0 saturated carbocycles. The summed E-state index contributed by atoms with van der Waals surface area (Å²) in [5.41, 5.74) is 5.61. The van der Waals surface area contributed by atoms with Crippen molar-refractivity contribution < 1.29 is 0 Å². The van der Waals surface area contributed by atoms with Crippen LogP contribution in [0.1, 0.15) is 56.4 Å². The number of fused-ring (bicyclic) bond motifs is 1. The monoisotopic (exact) mass is 278 g/mol. The van der Waals surface area contributed by atoms with Crippen LogP contribution in [0.15, 0.2) is 42.6 Å². The summed E-state index contributed by atoms with van der Waals surface area (Å²) in [5, 5.41) is 0. The molecule has 0 aliphatic heterocycles. The lowest BCUT2D eigenvalue weighted by atomic mass is 9.90. The average Bonchev–Trinajstić information content (AvgIpc) is 3.10. The zero-order valence-corrected chi connectivity index (χ0v) is 13.1. The van der Waals surface area contributed by atoms with Crippen LogP contribution in [0, 0.1) is 5.92 Å². The van der Waals surface area contributed by atoms with Gasteiger partial charge in [-0.2, -0.15) is 0 Å². The molecule has 1 nitrogen and oxygen atoms in total. The van der Waals surface area contributed by atoms with Gasteiger partial charge in [-0.15, -0.1) is 0 Å². The molecule has 2 aromatic rings. The summed E-state index contributed by atoms with van der Waals surface area (Å²) < 4.78 is 2.41. The van der Waals surface area contributed by atoms with Crippen LogP contribution < -0.4 is 0 Å². The SMILES string of the molecule is CCCCn1cccc1C1=Cc2ccccc2[C]1CCC. The van der Waals surface area contributed by atoms with E-state index < -0.39 is 0 Å². The minimum atomic E-state index is 1.12. The van der Waals surface area contributed by atoms with Crippen LogP contribution >= 0.6 is 0 Å². The fourth-order valence-electron chi connectivity index (χ4n) is 3.22. The van der Waals surface area contributed by atoms with Crippen LogP contribution in [0.25, 0.3) is 11.6 Å². The molecule has 109 valence electrons. The van der Waals surface area contributed by atoms with Crippen LogP contribution in [-0.2, 0) is 6.54 Å². The lowest BCUT2D eigenvalue weighted by molar-refractivity contribution is 0.629. The number of aryl methyl sites for hydroxylation is 1. The van der Waals surface area contributed by atoms with Crippen molar-refractivity contribution in [2.24, 2.45) is 0 Å². The zero-order valence-electron chi connectivity index (χ0n) is 13.1. The second kappa shape index (κ2) is 6.34. The van der Waals surface area contributed by atoms with Crippen molar-refractivity contribution in [1.29, 1.82) is 0 Å². The minimum Gasteiger partial charge on any atom is -0.348 e. The molecule has 0 amide bonds. The Hall–Kier alpha value is -1.76. The lowest BCUT2D eigenvalue weighted by Gasteiger charge is -2.17. The lowest BCUT2D eigenvalue weighted by Crippen LogP contribution is -2.06. The summed E-state index contributed by atoms with van der Waals surface area (Å²) in [6, 6.07) is 13.2. The van der Waals surface area contributed by atoms with Crippen molar-refractivity contribution in [3.63, 3.8) is 0 Å². The third kappa shape index (κ3) is 2.70. The van der Waals surface area contributed by atoms with Crippen molar-refractivity contribution in [1.82, 2.24) is 4.57 Å². The highest BCUT2D eigenvalue weighted by Gasteiger charge is 2.27. The summed E-state index contributed by atoms with van der Waals surface area (Å²) in [4.78, 5) is 0. The molecule has 1 aromatic heterocycles. The van der Waals surface area contributed by atoms with Crippen molar-refractivity contribution in [2.75, 3.05) is 0 Å². The Kier molecular flexibility index (Phi) is 4.28. The summed E-state index contributed by atoms with van der Waals surface area (Å²) in [5.74, 6) is 1.52. The van der Waals surface area contributed by atoms with Gasteiger partial charge in [0.25, 0.3) is 0 Å². The van der Waals surface area contributed by atoms with E-state index in [9.17, 15) is 0 Å². The summed E-state index contributed by atoms with van der Waals surface area (Å²) in [6.45, 7) is 5.64. The Balaban J connectivity index is 1.96. The van der Waals surface area contributed by atoms with Gasteiger partial charge >= 0.3 is 0 Å². The van der Waals surface area contributed by atoms with Crippen molar-refractivity contribution in [3.05, 3.63) is 65.3 Å². The second-order valence-electron chi connectivity index (χ2n) is 5.81. The van der Waals surface area contributed by atoms with Gasteiger partial charge in [0.05, 0.1) is 0 Å². The molecule has 0 spiro atoms. The Morgan fingerprint density at radius 1 is 0.952 bits per heavy atom. The Morgan fingerprint density at radius 2 is 1.81 bits per heavy atom. The molecule has 1 aliphatic carbocycles. The number of benzene rings is 1. The van der Waals surface area contributed by atoms with Crippen molar-refractivity contribution in [2.45, 2.75) is 46.1 Å². The average molecular weight is 278 g/mol. The van der Waals surface area contributed by atoms with Crippen LogP contribution in [0.5, 0.6) is 0 Å². The van der Waals surface area contributed by atoms with Crippen molar-refractivity contribution in [3.8, 4) is 0 Å². The highest BCUT2D eigenvalue weighted by Crippen LogP contribution is 2.43. The fraction of sp³-hybridized carbons (Fsp3) is 0.350. The molecule has 0 atom stereocenters. The van der Waals surface area contributed by atoms with Gasteiger partial charge in [0.15, 0.2) is 0 Å². The molecule has 0 unspecified atom stereocenters. The topological polar surface area (TPSA) is 4.93 Å². The zero-order chi connectivity index (χ0) is 14.7. The normalized spacial score (nSPS) is 14.3. The third-order valence-electron chi connectivity index (χ3n) is 4.27. The number of hydrogen-bond donors (Lipinski definition) is 0. The van der Waals surface area contributed by atoms with E-state index in [1.807, 2.05) is 0 Å². The predicted molar refractivity (Wildman–Crippen MR) is 90.9 cm³/mol. The van der Waals surface area contributed by atoms with Gasteiger partial charge in [0.2, 0.25) is 0 Å². The number of unbranched alkanes of at least 4 members (excludes halogenated alkanes) is 1. The number of aromatic nitrogens is 1. The van der Waals surface area contributed by atoms with E-state index in [1.165, 1.54) is 47.6 Å². The van der Waals surface area contributed by atoms with Crippen LogP contribution in [0.3, 0.4) is 0 Å². The molecule has 1 aliphatic rings. The van der Waals surface area contributed by atoms with Gasteiger partial charge in [0.1, 0.15) is 0 Å². The predicted octanol–water partition coefficient (Wildman–Crippen LogP) is 5.57. The van der Waals surface area contributed by atoms with E-state index >= 15 is 0 Å². The molecule has 0 fully saturated rings. The van der Waals surface area contributed by atoms with Gasteiger partial charge in [-0.3, -0.25) is 0 Å². The maximum absolute atomic E-state index is 2.41. The van der Waals surface area contributed by atoms with E-state index in [0.717, 1.165) is 13.0 Å². The standard InChI is InChI=1S/C20H24N/c1-3-5-13-21-14-8-12-20(21)19-15-16-10-6-7-11-17(16)18(19)9-4-2/h6-8,10-12,14-15H,3-5,9,13H2,1-2H3. The van der Waals surface area contributed by atoms with Gasteiger partial charge < -0.3 is 4.57 Å². The fourth-order valence-corrected chi connectivity index (χ4v) is 3.22. The van der Waals surface area contributed by atoms with E-state index in [2.05, 4.69) is 67.1 Å². The first-order valence-corrected chi connectivity index (χ1v) is 8.18. The van der Waals surface area contributed by atoms with Crippen molar-refractivity contribution >= 4 is 11.6 Å². The molecule has 0 N–H and O–H groups in total. The highest BCUT2D eigenvalue weighted by atomic mass is 15.0. The Morgan fingerprint density at radius 3 is 2.62 bits per heavy atom. The second-order valence-corrected chi connectivity index (χ2v) is 5.81. The first kappa shape index (κ1) is 14.2. The van der Waals surface area contributed by atoms with Gasteiger partial charge in [-0.1, -0.05) is 51.0 Å². The van der Waals surface area contributed by atoms with Crippen LogP contribution in [-0.4, -0.2) is 4.57 Å². The Bertz CT molecular complexity index is 633. The third-order valence-corrected chi connectivity index (χ3v) is 4.27. The summed E-state index contributed by atoms with van der Waals surface area (Å²) in [7, 11) is 0. The van der Waals surface area contributed by atoms with Gasteiger partial charge in [-0.05, 0) is 47.8 Å². The summed E-state index contributed by atoms with van der Waals surface area (Å²) in [6.07, 6.45) is 9.42. The van der Waals surface area contributed by atoms with Gasteiger partial charge in [-0.25, -0.2) is 0 Å². The maximum Gasteiger partial charge on any atom is 0.0449 e. The van der Waals surface area contributed by atoms with E-state index in [4.69, 9.17) is 0 Å². The van der Waals surface area contributed by atoms with E-state index in [-0.39, 0.29) is 0 Å². The number of nitrogens with zero attached hydrogens (tertiary/aromatic N) is 1. The minimum absolute atomic E-state index is 1.12. The maximum atomic E-state index is 2.41. The summed E-state index contributed by atoms with van der Waals surface area (Å²) >= 11 is 0. The highest BCUT2D eigenvalue weighted by molar-refractivity contribution is 5.97. The first-order valence-electron chi connectivity index (χ1n) is 8.18. The quantitative estimate of drug-likeness (QED) is 0.651. The van der Waals surface area contributed by atoms with E-state index in [0.29, 0.717) is 0 Å². The molecule has 1 heterocycles. The first-order chi connectivity index (χ1) is 10.3. The molecule has 1 aromatic carbocycles. The van der Waals surface area contributed by atoms with Crippen LogP contribution in [0.2, 0.25) is 0 Å². The number of rotatable bonds is 6. The van der Waals surface area contributed by atoms with Crippen LogP contribution in [0.4, 0.5) is 0 Å². The molecular formula is C20H24N. The smallest absolute Gasteiger partial charge is 0.0449 e. The number of hydrogen-bond acceptors (Lipinski definition) is 0.